The average Bonchev–Trinajstić information content (AvgIpc) is 3.56. The maximum absolute atomic E-state index is 13.7. The molecule has 4 aliphatic rings. The summed E-state index contributed by atoms with van der Waals surface area (Å²) in [5.74, 6) is -0.872. The van der Waals surface area contributed by atoms with Crippen LogP contribution in [0.25, 0.3) is 0 Å². The molecule has 5 heterocycles. The minimum absolute atomic E-state index is 0.0288. The van der Waals surface area contributed by atoms with Gasteiger partial charge in [0.1, 0.15) is 22.9 Å². The summed E-state index contributed by atoms with van der Waals surface area (Å²) in [7, 11) is -0.448. The number of ether oxygens (including phenoxy) is 1. The predicted octanol–water partition coefficient (Wildman–Crippen LogP) is 4.28. The van der Waals surface area contributed by atoms with E-state index in [-0.39, 0.29) is 46.7 Å². The standard InChI is InChI=1S/C45H52ClN11O8S/c1-27(48-34-10-7-8-30-39(34)44(62)57(43(30)61)36-14-15-38(58)51-41(36)59)42(60)56-18-16-28(17-19-56)26-54-20-22-55(23-21-54)29-12-13-33(37(24-29)65-3)50-45-47-25-31(46)40(52-45)49-32-9-5-6-11-35(32)53(2)66(4,63)64/h5-13,24-25,27-28,36,48H,14-23,26H2,1-4H3,(H,51,58,59)(H2,47,49,50,52). The number of benzene rings is 3. The molecule has 66 heavy (non-hydrogen) atoms. The van der Waals surface area contributed by atoms with E-state index in [4.69, 9.17) is 16.3 Å². The molecule has 3 saturated heterocycles. The fourth-order valence-corrected chi connectivity index (χ4v) is 9.52. The Labute approximate surface area is 387 Å². The van der Waals surface area contributed by atoms with Crippen LogP contribution in [0, 0.1) is 5.92 Å². The van der Waals surface area contributed by atoms with Gasteiger partial charge in [0.05, 0.1) is 47.8 Å². The zero-order valence-electron chi connectivity index (χ0n) is 37.0. The number of halogens is 1. The summed E-state index contributed by atoms with van der Waals surface area (Å²) in [6, 6.07) is 15.9. The Balaban J connectivity index is 0.812. The number of nitrogens with one attached hydrogen (secondary N) is 4. The Morgan fingerprint density at radius 3 is 2.36 bits per heavy atom. The molecule has 0 spiro atoms. The maximum atomic E-state index is 13.7. The van der Waals surface area contributed by atoms with Crippen LogP contribution in [0.2, 0.25) is 5.02 Å². The van der Waals surface area contributed by atoms with Gasteiger partial charge in [-0.25, -0.2) is 13.4 Å². The lowest BCUT2D eigenvalue weighted by Crippen LogP contribution is -2.54. The molecule has 8 rings (SSSR count). The number of carbonyl (C=O) groups is 5. The van der Waals surface area contributed by atoms with E-state index in [9.17, 15) is 32.4 Å². The van der Waals surface area contributed by atoms with Gasteiger partial charge in [-0.2, -0.15) is 4.98 Å². The quantitative estimate of drug-likeness (QED) is 0.130. The van der Waals surface area contributed by atoms with E-state index in [1.165, 1.54) is 23.6 Å². The lowest BCUT2D eigenvalue weighted by molar-refractivity contribution is -0.136. The van der Waals surface area contributed by atoms with Crippen LogP contribution in [-0.4, -0.2) is 141 Å². The highest BCUT2D eigenvalue weighted by Gasteiger charge is 2.46. The summed E-state index contributed by atoms with van der Waals surface area (Å²) < 4.78 is 31.5. The predicted molar refractivity (Wildman–Crippen MR) is 250 cm³/mol. The second kappa shape index (κ2) is 19.1. The molecular weight excluding hydrogens is 890 g/mol. The van der Waals surface area contributed by atoms with E-state index in [1.807, 2.05) is 23.1 Å². The fraction of sp³-hybridized carbons (Fsp3) is 0.400. The number of aromatic nitrogens is 2. The van der Waals surface area contributed by atoms with Gasteiger partial charge in [-0.15, -0.1) is 0 Å². The first kappa shape index (κ1) is 46.0. The first-order valence-corrected chi connectivity index (χ1v) is 24.0. The number of methoxy groups -OCH3 is 1. The SMILES string of the molecule is COc1cc(N2CCN(CC3CCN(C(=O)C(C)Nc4cccc5c4C(=O)N(C4CCC(=O)NC4=O)C5=O)CC3)CC2)ccc1Nc1ncc(Cl)c(Nc2ccccc2N(C)S(C)(=O)=O)n1. The van der Waals surface area contributed by atoms with Crippen molar-refractivity contribution in [3.05, 3.63) is 83.0 Å². The fourth-order valence-electron chi connectivity index (χ4n) is 8.87. The second-order valence-corrected chi connectivity index (χ2v) is 19.3. The number of anilines is 7. The van der Waals surface area contributed by atoms with E-state index in [0.717, 1.165) is 62.4 Å². The molecule has 3 fully saturated rings. The number of sulfonamides is 1. The van der Waals surface area contributed by atoms with Crippen molar-refractivity contribution in [2.45, 2.75) is 44.7 Å². The Morgan fingerprint density at radius 2 is 1.65 bits per heavy atom. The number of imide groups is 2. The van der Waals surface area contributed by atoms with Crippen LogP contribution in [-0.2, 0) is 24.4 Å². The molecule has 3 aromatic carbocycles. The lowest BCUT2D eigenvalue weighted by Gasteiger charge is -2.40. The van der Waals surface area contributed by atoms with Crippen LogP contribution in [0.3, 0.4) is 0 Å². The third kappa shape index (κ3) is 9.70. The van der Waals surface area contributed by atoms with Crippen molar-refractivity contribution in [2.75, 3.05) is 91.4 Å². The Hall–Kier alpha value is -6.51. The zero-order valence-corrected chi connectivity index (χ0v) is 38.6. The number of piperidine rings is 2. The smallest absolute Gasteiger partial charge is 0.264 e. The number of hydrogen-bond acceptors (Lipinski definition) is 15. The van der Waals surface area contributed by atoms with Crippen LogP contribution in [0.15, 0.2) is 66.9 Å². The Kier molecular flexibility index (Phi) is 13.4. The van der Waals surface area contributed by atoms with Gasteiger partial charge in [0.25, 0.3) is 11.8 Å². The van der Waals surface area contributed by atoms with Crippen LogP contribution in [0.1, 0.15) is 53.3 Å². The molecule has 1 aromatic heterocycles. The normalized spacial score (nSPS) is 18.7. The molecule has 0 aliphatic carbocycles. The van der Waals surface area contributed by atoms with Gasteiger partial charge in [-0.1, -0.05) is 29.8 Å². The number of piperazine rings is 1. The van der Waals surface area contributed by atoms with Crippen LogP contribution in [0.4, 0.5) is 40.2 Å². The van der Waals surface area contributed by atoms with Crippen molar-refractivity contribution in [3.8, 4) is 5.75 Å². The Morgan fingerprint density at radius 1 is 0.924 bits per heavy atom. The first-order chi connectivity index (χ1) is 31.6. The molecule has 4 aliphatic heterocycles. The zero-order chi connectivity index (χ0) is 46.9. The van der Waals surface area contributed by atoms with Gasteiger partial charge in [-0.05, 0) is 68.5 Å². The summed E-state index contributed by atoms with van der Waals surface area (Å²) in [6.07, 6.45) is 4.40. The highest BCUT2D eigenvalue weighted by Crippen LogP contribution is 2.36. The molecule has 0 radical (unpaired) electrons. The van der Waals surface area contributed by atoms with Gasteiger partial charge < -0.3 is 30.5 Å². The van der Waals surface area contributed by atoms with Crippen LogP contribution in [0.5, 0.6) is 5.75 Å². The number of rotatable bonds is 14. The molecule has 0 bridgehead atoms. The summed E-state index contributed by atoms with van der Waals surface area (Å²) in [6.45, 7) is 7.30. The largest absolute Gasteiger partial charge is 0.494 e. The summed E-state index contributed by atoms with van der Waals surface area (Å²) in [5, 5.41) is 12.0. The number of carbonyl (C=O) groups excluding carboxylic acids is 5. The monoisotopic (exact) mass is 941 g/mol. The van der Waals surface area contributed by atoms with Gasteiger partial charge in [0.15, 0.2) is 5.82 Å². The molecule has 4 N–H and O–H groups in total. The number of hydrogen-bond donors (Lipinski definition) is 4. The molecule has 2 atom stereocenters. The van der Waals surface area contributed by atoms with Gasteiger partial charge >= 0.3 is 0 Å². The van der Waals surface area contributed by atoms with Gasteiger partial charge in [0, 0.05) is 76.7 Å². The molecule has 0 saturated carbocycles. The van der Waals surface area contributed by atoms with E-state index in [2.05, 4.69) is 41.0 Å². The summed E-state index contributed by atoms with van der Waals surface area (Å²) >= 11 is 6.47. The molecule has 4 aromatic rings. The number of nitrogens with zero attached hydrogens (tertiary/aromatic N) is 7. The number of likely N-dealkylation sites (tertiary alicyclic amines) is 1. The highest BCUT2D eigenvalue weighted by molar-refractivity contribution is 7.92. The summed E-state index contributed by atoms with van der Waals surface area (Å²) in [5.41, 5.74) is 3.20. The van der Waals surface area contributed by atoms with E-state index < -0.39 is 45.7 Å². The second-order valence-electron chi connectivity index (χ2n) is 16.9. The molecular formula is C45H52ClN11O8S. The molecule has 348 valence electrons. The third-order valence-electron chi connectivity index (χ3n) is 12.6. The average molecular weight is 942 g/mol. The number of amides is 5. The van der Waals surface area contributed by atoms with E-state index in [0.29, 0.717) is 47.5 Å². The van der Waals surface area contributed by atoms with Crippen LogP contribution >= 0.6 is 11.6 Å². The molecule has 5 amide bonds. The summed E-state index contributed by atoms with van der Waals surface area (Å²) in [4.78, 5) is 81.2. The van der Waals surface area contributed by atoms with Crippen molar-refractivity contribution >= 4 is 91.4 Å². The van der Waals surface area contributed by atoms with Crippen molar-refractivity contribution in [1.82, 2.24) is 30.0 Å². The van der Waals surface area contributed by atoms with E-state index in [1.54, 1.807) is 50.4 Å². The minimum Gasteiger partial charge on any atom is -0.494 e. The number of para-hydroxylation sites is 2. The highest BCUT2D eigenvalue weighted by atomic mass is 35.5. The Bertz CT molecular complexity index is 2670. The van der Waals surface area contributed by atoms with Crippen LogP contribution < -0.4 is 35.2 Å². The molecule has 19 nitrogen and oxygen atoms in total. The van der Waals surface area contributed by atoms with Crippen molar-refractivity contribution in [2.24, 2.45) is 5.92 Å². The van der Waals surface area contributed by atoms with Gasteiger partial charge in [0.2, 0.25) is 33.7 Å². The topological polar surface area (TPSA) is 219 Å². The molecule has 21 heteroatoms. The van der Waals surface area contributed by atoms with Crippen molar-refractivity contribution < 1.29 is 37.1 Å². The van der Waals surface area contributed by atoms with Crippen molar-refractivity contribution in [1.29, 1.82) is 0 Å². The van der Waals surface area contributed by atoms with Crippen molar-refractivity contribution in [3.63, 3.8) is 0 Å². The number of fused-ring (bicyclic) bond motifs is 1. The lowest BCUT2D eigenvalue weighted by atomic mass is 9.95. The van der Waals surface area contributed by atoms with Gasteiger partial charge in [-0.3, -0.25) is 43.4 Å². The first-order valence-electron chi connectivity index (χ1n) is 21.7. The molecule has 2 unspecified atom stereocenters. The minimum atomic E-state index is -3.52. The van der Waals surface area contributed by atoms with E-state index >= 15 is 0 Å². The maximum Gasteiger partial charge on any atom is 0.264 e. The third-order valence-corrected chi connectivity index (χ3v) is 14.0.